The standard InChI is InChI=1S/C14H23N5O3/c15-13-16-12(22)14(17-13)3-6-19(7-4-14)11(21)9-18-5-1-2-10(20)8-18/h10,20H,1-9H2,(H3,15,16,17,22)/t10-/m0/s1. The Bertz CT molecular complexity index is 499. The number of aliphatic hydroxyl groups excluding tert-OH is 1. The minimum atomic E-state index is -0.776. The first-order valence-corrected chi connectivity index (χ1v) is 7.83. The number of hydrogen-bond donors (Lipinski definition) is 3. The van der Waals surface area contributed by atoms with Gasteiger partial charge in [0, 0.05) is 19.6 Å². The second kappa shape index (κ2) is 5.85. The molecule has 2 amide bonds. The Kier molecular flexibility index (Phi) is 4.05. The minimum absolute atomic E-state index is 0.0549. The van der Waals surface area contributed by atoms with Crippen LogP contribution in [0.2, 0.25) is 0 Å². The Balaban J connectivity index is 1.53. The van der Waals surface area contributed by atoms with E-state index in [2.05, 4.69) is 10.3 Å². The number of aliphatic imine (C=N–C) groups is 1. The second-order valence-electron chi connectivity index (χ2n) is 6.39. The predicted octanol–water partition coefficient (Wildman–Crippen LogP) is -1.75. The van der Waals surface area contributed by atoms with Gasteiger partial charge in [0.05, 0.1) is 12.6 Å². The number of nitrogens with one attached hydrogen (secondary N) is 1. The zero-order chi connectivity index (χ0) is 15.7. The summed E-state index contributed by atoms with van der Waals surface area (Å²) in [5, 5.41) is 12.2. The third-order valence-electron chi connectivity index (χ3n) is 4.78. The van der Waals surface area contributed by atoms with Crippen molar-refractivity contribution >= 4 is 17.8 Å². The molecule has 3 aliphatic rings. The molecule has 3 heterocycles. The van der Waals surface area contributed by atoms with Crippen molar-refractivity contribution in [2.24, 2.45) is 10.7 Å². The highest BCUT2D eigenvalue weighted by atomic mass is 16.3. The van der Waals surface area contributed by atoms with Gasteiger partial charge in [0.1, 0.15) is 5.54 Å². The normalized spacial score (nSPS) is 28.6. The highest BCUT2D eigenvalue weighted by Gasteiger charge is 2.46. The first-order chi connectivity index (χ1) is 10.5. The van der Waals surface area contributed by atoms with Gasteiger partial charge in [-0.3, -0.25) is 19.8 Å². The number of hydrogen-bond acceptors (Lipinski definition) is 6. The van der Waals surface area contributed by atoms with E-state index >= 15 is 0 Å². The molecule has 0 bridgehead atoms. The lowest BCUT2D eigenvalue weighted by atomic mass is 9.88. The number of likely N-dealkylation sites (tertiary alicyclic amines) is 2. The molecule has 2 fully saturated rings. The van der Waals surface area contributed by atoms with Crippen LogP contribution in [0.1, 0.15) is 25.7 Å². The number of rotatable bonds is 2. The van der Waals surface area contributed by atoms with E-state index in [1.807, 2.05) is 4.90 Å². The SMILES string of the molecule is NC1=NC2(CCN(C(=O)CN3CCC[C@H](O)C3)CC2)C(=O)N1. The second-order valence-corrected chi connectivity index (χ2v) is 6.39. The van der Waals surface area contributed by atoms with E-state index in [0.717, 1.165) is 19.4 Å². The van der Waals surface area contributed by atoms with E-state index < -0.39 is 5.54 Å². The molecule has 1 atom stereocenters. The molecule has 0 aromatic heterocycles. The quantitative estimate of drug-likeness (QED) is 0.560. The Hall–Kier alpha value is -1.67. The molecule has 0 unspecified atom stereocenters. The number of carbonyl (C=O) groups is 2. The van der Waals surface area contributed by atoms with E-state index in [9.17, 15) is 14.7 Å². The topological polar surface area (TPSA) is 111 Å². The van der Waals surface area contributed by atoms with Crippen LogP contribution in [0.5, 0.6) is 0 Å². The average Bonchev–Trinajstić information content (AvgIpc) is 2.73. The van der Waals surface area contributed by atoms with Crippen LogP contribution < -0.4 is 11.1 Å². The molecule has 3 aliphatic heterocycles. The fourth-order valence-electron chi connectivity index (χ4n) is 3.47. The van der Waals surface area contributed by atoms with Gasteiger partial charge in [-0.2, -0.15) is 0 Å². The summed E-state index contributed by atoms with van der Waals surface area (Å²) in [6, 6.07) is 0. The van der Waals surface area contributed by atoms with Gasteiger partial charge in [-0.25, -0.2) is 4.99 Å². The molecular formula is C14H23N5O3. The van der Waals surface area contributed by atoms with Crippen LogP contribution in [0.25, 0.3) is 0 Å². The van der Waals surface area contributed by atoms with Gasteiger partial charge in [0.25, 0.3) is 5.91 Å². The molecule has 22 heavy (non-hydrogen) atoms. The number of amides is 2. The Labute approximate surface area is 129 Å². The molecule has 0 aromatic carbocycles. The number of β-amino-alcohol motifs (C(OH)–C–C–N with tert-alkyl or cyclic N) is 1. The Morgan fingerprint density at radius 3 is 2.73 bits per heavy atom. The highest BCUT2D eigenvalue weighted by Crippen LogP contribution is 2.29. The van der Waals surface area contributed by atoms with Crippen LogP contribution in [0.4, 0.5) is 0 Å². The highest BCUT2D eigenvalue weighted by molar-refractivity contribution is 6.06. The van der Waals surface area contributed by atoms with Crippen molar-refractivity contribution in [3.8, 4) is 0 Å². The molecule has 2 saturated heterocycles. The summed E-state index contributed by atoms with van der Waals surface area (Å²) in [6.45, 7) is 2.77. The number of piperidine rings is 2. The van der Waals surface area contributed by atoms with Crippen molar-refractivity contribution in [2.75, 3.05) is 32.7 Å². The van der Waals surface area contributed by atoms with Gasteiger partial charge in [-0.05, 0) is 32.2 Å². The van der Waals surface area contributed by atoms with Crippen LogP contribution in [-0.2, 0) is 9.59 Å². The van der Waals surface area contributed by atoms with E-state index in [0.29, 0.717) is 39.0 Å². The molecule has 8 nitrogen and oxygen atoms in total. The van der Waals surface area contributed by atoms with Crippen molar-refractivity contribution in [1.82, 2.24) is 15.1 Å². The van der Waals surface area contributed by atoms with Crippen molar-refractivity contribution in [3.63, 3.8) is 0 Å². The largest absolute Gasteiger partial charge is 0.392 e. The molecule has 1 spiro atoms. The maximum atomic E-state index is 12.4. The van der Waals surface area contributed by atoms with E-state index in [4.69, 9.17) is 5.73 Å². The molecule has 0 aliphatic carbocycles. The van der Waals surface area contributed by atoms with Crippen molar-refractivity contribution in [3.05, 3.63) is 0 Å². The summed E-state index contributed by atoms with van der Waals surface area (Å²) in [6.07, 6.45) is 2.42. The maximum absolute atomic E-state index is 12.4. The summed E-state index contributed by atoms with van der Waals surface area (Å²) in [7, 11) is 0. The maximum Gasteiger partial charge on any atom is 0.254 e. The summed E-state index contributed by atoms with van der Waals surface area (Å²) in [5.74, 6) is 0.0719. The van der Waals surface area contributed by atoms with Crippen LogP contribution in [0.3, 0.4) is 0 Å². The lowest BCUT2D eigenvalue weighted by Gasteiger charge is -2.37. The van der Waals surface area contributed by atoms with Gasteiger partial charge in [0.15, 0.2) is 5.96 Å². The van der Waals surface area contributed by atoms with Crippen molar-refractivity contribution in [2.45, 2.75) is 37.3 Å². The smallest absolute Gasteiger partial charge is 0.254 e. The molecule has 0 aromatic rings. The molecule has 0 radical (unpaired) electrons. The van der Waals surface area contributed by atoms with Crippen LogP contribution in [0.15, 0.2) is 4.99 Å². The third kappa shape index (κ3) is 2.93. The molecule has 3 rings (SSSR count). The van der Waals surface area contributed by atoms with E-state index in [-0.39, 0.29) is 23.9 Å². The van der Waals surface area contributed by atoms with Crippen LogP contribution in [0, 0.1) is 0 Å². The van der Waals surface area contributed by atoms with Gasteiger partial charge in [-0.15, -0.1) is 0 Å². The average molecular weight is 309 g/mol. The Morgan fingerprint density at radius 1 is 1.41 bits per heavy atom. The fraction of sp³-hybridized carbons (Fsp3) is 0.786. The number of nitrogens with two attached hydrogens (primary N) is 1. The van der Waals surface area contributed by atoms with Gasteiger partial charge >= 0.3 is 0 Å². The van der Waals surface area contributed by atoms with Crippen molar-refractivity contribution < 1.29 is 14.7 Å². The van der Waals surface area contributed by atoms with Crippen LogP contribution >= 0.6 is 0 Å². The van der Waals surface area contributed by atoms with E-state index in [1.54, 1.807) is 4.90 Å². The van der Waals surface area contributed by atoms with Gasteiger partial charge < -0.3 is 15.7 Å². The summed E-state index contributed by atoms with van der Waals surface area (Å²) in [4.78, 5) is 32.3. The van der Waals surface area contributed by atoms with Crippen molar-refractivity contribution in [1.29, 1.82) is 0 Å². The number of nitrogens with zero attached hydrogens (tertiary/aromatic N) is 3. The zero-order valence-corrected chi connectivity index (χ0v) is 12.6. The van der Waals surface area contributed by atoms with Gasteiger partial charge in [0.2, 0.25) is 5.91 Å². The first kappa shape index (κ1) is 15.2. The van der Waals surface area contributed by atoms with E-state index in [1.165, 1.54) is 0 Å². The molecular weight excluding hydrogens is 286 g/mol. The molecule has 122 valence electrons. The summed E-state index contributed by atoms with van der Waals surface area (Å²) >= 11 is 0. The zero-order valence-electron chi connectivity index (χ0n) is 12.6. The number of carbonyl (C=O) groups excluding carboxylic acids is 2. The first-order valence-electron chi connectivity index (χ1n) is 7.83. The summed E-state index contributed by atoms with van der Waals surface area (Å²) in [5.41, 5.74) is 4.79. The lowest BCUT2D eigenvalue weighted by Crippen LogP contribution is -2.53. The number of guanidine groups is 1. The predicted molar refractivity (Wildman–Crippen MR) is 80.0 cm³/mol. The molecule has 8 heteroatoms. The Morgan fingerprint density at radius 2 is 2.14 bits per heavy atom. The minimum Gasteiger partial charge on any atom is -0.392 e. The van der Waals surface area contributed by atoms with Crippen LogP contribution in [-0.4, -0.2) is 77.0 Å². The number of aliphatic hydroxyl groups is 1. The molecule has 4 N–H and O–H groups in total. The molecule has 0 saturated carbocycles. The lowest BCUT2D eigenvalue weighted by molar-refractivity contribution is -0.137. The monoisotopic (exact) mass is 309 g/mol. The van der Waals surface area contributed by atoms with Gasteiger partial charge in [-0.1, -0.05) is 0 Å². The third-order valence-corrected chi connectivity index (χ3v) is 4.78. The summed E-state index contributed by atoms with van der Waals surface area (Å²) < 4.78 is 0. The fourth-order valence-corrected chi connectivity index (χ4v) is 3.47.